The van der Waals surface area contributed by atoms with Gasteiger partial charge in [-0.2, -0.15) is 0 Å². The molecular weight excluding hydrogens is 260 g/mol. The van der Waals surface area contributed by atoms with Gasteiger partial charge in [0.05, 0.1) is 0 Å². The second kappa shape index (κ2) is 5.13. The first-order valence-corrected chi connectivity index (χ1v) is 5.93. The van der Waals surface area contributed by atoms with Gasteiger partial charge < -0.3 is 0 Å². The maximum atomic E-state index is 12.9. The number of benzene rings is 2. The molecule has 0 saturated carbocycles. The number of rotatable bonds is 2. The molecule has 1 aromatic heterocycles. The molecule has 0 bridgehead atoms. The van der Waals surface area contributed by atoms with Crippen LogP contribution in [0.3, 0.4) is 0 Å². The maximum absolute atomic E-state index is 12.9. The van der Waals surface area contributed by atoms with Crippen LogP contribution in [0.2, 0.25) is 0 Å². The third-order valence-corrected chi connectivity index (χ3v) is 2.78. The van der Waals surface area contributed by atoms with Gasteiger partial charge in [0.15, 0.2) is 11.6 Å². The fourth-order valence-electron chi connectivity index (χ4n) is 1.77. The zero-order valence-corrected chi connectivity index (χ0v) is 10.3. The van der Waals surface area contributed by atoms with E-state index in [1.165, 1.54) is 30.6 Å². The lowest BCUT2D eigenvalue weighted by Crippen LogP contribution is -1.95. The van der Waals surface area contributed by atoms with E-state index in [0.29, 0.717) is 22.8 Å². The summed E-state index contributed by atoms with van der Waals surface area (Å²) >= 11 is 0. The molecular formula is C15H9F2N3. The zero-order chi connectivity index (χ0) is 13.9. The molecule has 0 amide bonds. The fourth-order valence-corrected chi connectivity index (χ4v) is 1.77. The molecule has 0 atom stereocenters. The maximum Gasteiger partial charge on any atom is 0.163 e. The summed E-state index contributed by atoms with van der Waals surface area (Å²) in [5.74, 6) is 0.252. The topological polar surface area (TPSA) is 38.7 Å². The Kier molecular flexibility index (Phi) is 3.16. The van der Waals surface area contributed by atoms with Gasteiger partial charge in [-0.25, -0.2) is 23.7 Å². The molecule has 20 heavy (non-hydrogen) atoms. The summed E-state index contributed by atoms with van der Waals surface area (Å²) in [6, 6.07) is 11.8. The van der Waals surface area contributed by atoms with Gasteiger partial charge in [0.1, 0.15) is 18.0 Å². The Morgan fingerprint density at radius 3 is 1.40 bits per heavy atom. The smallest absolute Gasteiger partial charge is 0.163 e. The third-order valence-electron chi connectivity index (χ3n) is 2.78. The number of halogens is 2. The van der Waals surface area contributed by atoms with Gasteiger partial charge >= 0.3 is 0 Å². The Balaban J connectivity index is 2.01. The molecule has 1 heterocycles. The highest BCUT2D eigenvalue weighted by Crippen LogP contribution is 2.19. The number of hydrogen-bond donors (Lipinski definition) is 0. The molecule has 3 rings (SSSR count). The van der Waals surface area contributed by atoms with E-state index >= 15 is 0 Å². The molecule has 3 aromatic rings. The van der Waals surface area contributed by atoms with E-state index in [2.05, 4.69) is 15.0 Å². The first-order chi connectivity index (χ1) is 9.72. The fraction of sp³-hybridized carbons (Fsp3) is 0. The summed E-state index contributed by atoms with van der Waals surface area (Å²) in [5.41, 5.74) is 1.38. The summed E-state index contributed by atoms with van der Waals surface area (Å²) in [5, 5.41) is 0. The van der Waals surface area contributed by atoms with E-state index in [1.54, 1.807) is 24.3 Å². The minimum Gasteiger partial charge on any atom is -0.217 e. The van der Waals surface area contributed by atoms with E-state index in [4.69, 9.17) is 0 Å². The molecule has 3 nitrogen and oxygen atoms in total. The van der Waals surface area contributed by atoms with E-state index in [-0.39, 0.29) is 11.6 Å². The van der Waals surface area contributed by atoms with Crippen LogP contribution in [0.4, 0.5) is 8.78 Å². The van der Waals surface area contributed by atoms with E-state index in [1.807, 2.05) is 0 Å². The summed E-state index contributed by atoms with van der Waals surface area (Å²) in [6.45, 7) is 0. The largest absolute Gasteiger partial charge is 0.217 e. The average molecular weight is 269 g/mol. The Hall–Kier alpha value is -2.69. The van der Waals surface area contributed by atoms with Crippen LogP contribution in [0.25, 0.3) is 22.8 Å². The van der Waals surface area contributed by atoms with Crippen molar-refractivity contribution in [2.24, 2.45) is 0 Å². The molecule has 0 fully saturated rings. The normalized spacial score (nSPS) is 10.5. The first kappa shape index (κ1) is 12.3. The van der Waals surface area contributed by atoms with Gasteiger partial charge in [-0.1, -0.05) is 0 Å². The van der Waals surface area contributed by atoms with Gasteiger partial charge in [-0.3, -0.25) is 0 Å². The monoisotopic (exact) mass is 269 g/mol. The molecule has 0 N–H and O–H groups in total. The Morgan fingerprint density at radius 2 is 1.00 bits per heavy atom. The summed E-state index contributed by atoms with van der Waals surface area (Å²) in [4.78, 5) is 12.4. The highest BCUT2D eigenvalue weighted by atomic mass is 19.1. The minimum absolute atomic E-state index is 0.318. The number of aromatic nitrogens is 3. The van der Waals surface area contributed by atoms with Crippen molar-refractivity contribution in [3.63, 3.8) is 0 Å². The SMILES string of the molecule is Fc1ccc(-c2ncnc(-c3ccc(F)cc3)n2)cc1. The van der Waals surface area contributed by atoms with Gasteiger partial charge in [-0.05, 0) is 48.5 Å². The van der Waals surface area contributed by atoms with Gasteiger partial charge in [-0.15, -0.1) is 0 Å². The van der Waals surface area contributed by atoms with Gasteiger partial charge in [0.2, 0.25) is 0 Å². The second-order valence-corrected chi connectivity index (χ2v) is 4.15. The van der Waals surface area contributed by atoms with Crippen molar-refractivity contribution in [1.29, 1.82) is 0 Å². The predicted octanol–water partition coefficient (Wildman–Crippen LogP) is 3.48. The molecule has 5 heteroatoms. The molecule has 2 aromatic carbocycles. The van der Waals surface area contributed by atoms with Crippen molar-refractivity contribution in [2.45, 2.75) is 0 Å². The molecule has 0 radical (unpaired) electrons. The molecule has 0 aliphatic rings. The van der Waals surface area contributed by atoms with Crippen LogP contribution in [0.5, 0.6) is 0 Å². The molecule has 0 aliphatic heterocycles. The molecule has 0 unspecified atom stereocenters. The minimum atomic E-state index is -0.318. The van der Waals surface area contributed by atoms with E-state index in [9.17, 15) is 8.78 Å². The summed E-state index contributed by atoms with van der Waals surface area (Å²) in [7, 11) is 0. The summed E-state index contributed by atoms with van der Waals surface area (Å²) in [6.07, 6.45) is 1.38. The molecule has 0 aliphatic carbocycles. The van der Waals surface area contributed by atoms with Crippen LogP contribution in [0.1, 0.15) is 0 Å². The highest BCUT2D eigenvalue weighted by Gasteiger charge is 2.06. The van der Waals surface area contributed by atoms with Crippen LogP contribution in [-0.4, -0.2) is 15.0 Å². The molecule has 98 valence electrons. The number of nitrogens with zero attached hydrogens (tertiary/aromatic N) is 3. The Labute approximate surface area is 114 Å². The number of hydrogen-bond acceptors (Lipinski definition) is 3. The second-order valence-electron chi connectivity index (χ2n) is 4.15. The van der Waals surface area contributed by atoms with Crippen molar-refractivity contribution in [3.05, 3.63) is 66.5 Å². The summed E-state index contributed by atoms with van der Waals surface area (Å²) < 4.78 is 25.8. The average Bonchev–Trinajstić information content (AvgIpc) is 2.49. The van der Waals surface area contributed by atoms with E-state index < -0.39 is 0 Å². The lowest BCUT2D eigenvalue weighted by molar-refractivity contribution is 0.627. The van der Waals surface area contributed by atoms with Crippen molar-refractivity contribution < 1.29 is 8.78 Å². The first-order valence-electron chi connectivity index (χ1n) is 5.93. The Morgan fingerprint density at radius 1 is 0.600 bits per heavy atom. The molecule has 0 spiro atoms. The van der Waals surface area contributed by atoms with Crippen LogP contribution >= 0.6 is 0 Å². The third kappa shape index (κ3) is 2.51. The lowest BCUT2D eigenvalue weighted by atomic mass is 10.2. The zero-order valence-electron chi connectivity index (χ0n) is 10.3. The van der Waals surface area contributed by atoms with Crippen molar-refractivity contribution in [1.82, 2.24) is 15.0 Å². The van der Waals surface area contributed by atoms with Gasteiger partial charge in [0.25, 0.3) is 0 Å². The lowest BCUT2D eigenvalue weighted by Gasteiger charge is -2.03. The van der Waals surface area contributed by atoms with Crippen molar-refractivity contribution in [3.8, 4) is 22.8 Å². The van der Waals surface area contributed by atoms with Crippen LogP contribution in [0, 0.1) is 11.6 Å². The van der Waals surface area contributed by atoms with Crippen LogP contribution < -0.4 is 0 Å². The Bertz CT molecular complexity index is 664. The molecule has 0 saturated heterocycles. The van der Waals surface area contributed by atoms with Crippen molar-refractivity contribution >= 4 is 0 Å². The predicted molar refractivity (Wildman–Crippen MR) is 70.6 cm³/mol. The van der Waals surface area contributed by atoms with E-state index in [0.717, 1.165) is 0 Å². The quantitative estimate of drug-likeness (QED) is 0.715. The standard InChI is InChI=1S/C15H9F2N3/c16-12-5-1-10(2-6-12)14-18-9-19-15(20-14)11-3-7-13(17)8-4-11/h1-9H. The van der Waals surface area contributed by atoms with Gasteiger partial charge in [0, 0.05) is 11.1 Å². The van der Waals surface area contributed by atoms with Crippen molar-refractivity contribution in [2.75, 3.05) is 0 Å². The van der Waals surface area contributed by atoms with Crippen LogP contribution in [-0.2, 0) is 0 Å². The highest BCUT2D eigenvalue weighted by molar-refractivity contribution is 5.60. The van der Waals surface area contributed by atoms with Crippen LogP contribution in [0.15, 0.2) is 54.9 Å².